The van der Waals surface area contributed by atoms with Crippen molar-refractivity contribution in [3.05, 3.63) is 54.0 Å². The highest BCUT2D eigenvalue weighted by Crippen LogP contribution is 2.19. The molecule has 1 unspecified atom stereocenters. The second kappa shape index (κ2) is 8.34. The van der Waals surface area contributed by atoms with Gasteiger partial charge in [0.15, 0.2) is 15.8 Å². The third-order valence-corrected chi connectivity index (χ3v) is 5.86. The fourth-order valence-electron chi connectivity index (χ4n) is 2.68. The van der Waals surface area contributed by atoms with Crippen LogP contribution in [-0.2, 0) is 16.4 Å². The van der Waals surface area contributed by atoms with E-state index in [1.54, 1.807) is 19.3 Å². The summed E-state index contributed by atoms with van der Waals surface area (Å²) >= 11 is 0. The second-order valence-corrected chi connectivity index (χ2v) is 8.46. The van der Waals surface area contributed by atoms with Crippen molar-refractivity contribution in [2.75, 3.05) is 18.6 Å². The Hall–Kier alpha value is -2.68. The van der Waals surface area contributed by atoms with Gasteiger partial charge in [-0.1, -0.05) is 6.07 Å². The molecule has 144 valence electrons. The maximum atomic E-state index is 12.9. The lowest BCUT2D eigenvalue weighted by atomic mass is 10.2. The SMILES string of the molecule is CN=C(NCc1ccc(Oc2ccc(F)cc2)nc1)NC1CCS(=O)(=O)C1. The van der Waals surface area contributed by atoms with Crippen molar-refractivity contribution in [1.82, 2.24) is 15.6 Å². The van der Waals surface area contributed by atoms with E-state index in [-0.39, 0.29) is 23.4 Å². The van der Waals surface area contributed by atoms with E-state index < -0.39 is 9.84 Å². The number of benzene rings is 1. The number of aromatic nitrogens is 1. The molecule has 3 rings (SSSR count). The standard InChI is InChI=1S/C18H21FN4O3S/c1-20-18(23-15-8-9-27(24,25)12-15)22-11-13-2-7-17(21-10-13)26-16-5-3-14(19)4-6-16/h2-7,10,15H,8-9,11-12H2,1H3,(H2,20,22,23). The third kappa shape index (κ3) is 5.65. The summed E-state index contributed by atoms with van der Waals surface area (Å²) in [6.07, 6.45) is 2.25. The molecule has 1 aromatic carbocycles. The first-order chi connectivity index (χ1) is 12.9. The molecule has 0 bridgehead atoms. The second-order valence-electron chi connectivity index (χ2n) is 6.23. The van der Waals surface area contributed by atoms with Gasteiger partial charge in [-0.15, -0.1) is 0 Å². The molecule has 1 fully saturated rings. The molecule has 0 amide bonds. The summed E-state index contributed by atoms with van der Waals surface area (Å²) in [5.41, 5.74) is 0.906. The molecule has 2 heterocycles. The van der Waals surface area contributed by atoms with Gasteiger partial charge < -0.3 is 15.4 Å². The van der Waals surface area contributed by atoms with Crippen molar-refractivity contribution in [1.29, 1.82) is 0 Å². The maximum absolute atomic E-state index is 12.9. The molecule has 7 nitrogen and oxygen atoms in total. The van der Waals surface area contributed by atoms with E-state index in [0.717, 1.165) is 5.56 Å². The van der Waals surface area contributed by atoms with Gasteiger partial charge in [-0.05, 0) is 36.2 Å². The van der Waals surface area contributed by atoms with Gasteiger partial charge in [0.1, 0.15) is 11.6 Å². The Morgan fingerprint density at radius 1 is 1.30 bits per heavy atom. The molecule has 0 saturated carbocycles. The Morgan fingerprint density at radius 3 is 2.67 bits per heavy atom. The van der Waals surface area contributed by atoms with Crippen LogP contribution in [0.2, 0.25) is 0 Å². The zero-order valence-electron chi connectivity index (χ0n) is 14.9. The number of pyridine rings is 1. The molecular formula is C18H21FN4O3S. The summed E-state index contributed by atoms with van der Waals surface area (Å²) < 4.78 is 41.5. The van der Waals surface area contributed by atoms with E-state index in [9.17, 15) is 12.8 Å². The smallest absolute Gasteiger partial charge is 0.219 e. The summed E-state index contributed by atoms with van der Waals surface area (Å²) in [6.45, 7) is 0.475. The molecule has 1 aliphatic rings. The first-order valence-corrected chi connectivity index (χ1v) is 10.3. The summed E-state index contributed by atoms with van der Waals surface area (Å²) in [6, 6.07) is 9.16. The van der Waals surface area contributed by atoms with Crippen molar-refractivity contribution < 1.29 is 17.5 Å². The lowest BCUT2D eigenvalue weighted by Crippen LogP contribution is -2.43. The molecule has 1 aromatic heterocycles. The minimum Gasteiger partial charge on any atom is -0.439 e. The highest BCUT2D eigenvalue weighted by molar-refractivity contribution is 7.91. The zero-order valence-corrected chi connectivity index (χ0v) is 15.7. The molecule has 9 heteroatoms. The highest BCUT2D eigenvalue weighted by atomic mass is 32.2. The largest absolute Gasteiger partial charge is 0.439 e. The highest BCUT2D eigenvalue weighted by Gasteiger charge is 2.28. The Balaban J connectivity index is 1.51. The van der Waals surface area contributed by atoms with Crippen LogP contribution in [0.5, 0.6) is 11.6 Å². The number of ether oxygens (including phenoxy) is 1. The van der Waals surface area contributed by atoms with Gasteiger partial charge in [-0.2, -0.15) is 0 Å². The number of hydrogen-bond donors (Lipinski definition) is 2. The number of aliphatic imine (C=N–C) groups is 1. The molecule has 1 saturated heterocycles. The molecule has 27 heavy (non-hydrogen) atoms. The van der Waals surface area contributed by atoms with Gasteiger partial charge in [0.2, 0.25) is 5.88 Å². The molecule has 0 radical (unpaired) electrons. The fraction of sp³-hybridized carbons (Fsp3) is 0.333. The average molecular weight is 392 g/mol. The quantitative estimate of drug-likeness (QED) is 0.596. The Labute approximate surface area is 157 Å². The average Bonchev–Trinajstić information content (AvgIpc) is 3.00. The van der Waals surface area contributed by atoms with Gasteiger partial charge in [0.05, 0.1) is 11.5 Å². The number of nitrogens with one attached hydrogen (secondary N) is 2. The van der Waals surface area contributed by atoms with Gasteiger partial charge in [-0.3, -0.25) is 4.99 Å². The summed E-state index contributed by atoms with van der Waals surface area (Å²) in [5.74, 6) is 1.47. The molecule has 2 N–H and O–H groups in total. The van der Waals surface area contributed by atoms with Crippen molar-refractivity contribution in [2.45, 2.75) is 19.0 Å². The van der Waals surface area contributed by atoms with E-state index in [2.05, 4.69) is 20.6 Å². The van der Waals surface area contributed by atoms with Crippen LogP contribution in [0.15, 0.2) is 47.6 Å². The number of nitrogens with zero attached hydrogens (tertiary/aromatic N) is 2. The van der Waals surface area contributed by atoms with Crippen LogP contribution in [0.25, 0.3) is 0 Å². The fourth-order valence-corrected chi connectivity index (χ4v) is 4.36. The van der Waals surface area contributed by atoms with Gasteiger partial charge in [-0.25, -0.2) is 17.8 Å². The Kier molecular flexibility index (Phi) is 5.90. The van der Waals surface area contributed by atoms with Gasteiger partial charge in [0, 0.05) is 31.9 Å². The van der Waals surface area contributed by atoms with Crippen LogP contribution in [0.4, 0.5) is 4.39 Å². The number of guanidine groups is 1. The topological polar surface area (TPSA) is 92.7 Å². The van der Waals surface area contributed by atoms with Crippen molar-refractivity contribution in [2.24, 2.45) is 4.99 Å². The third-order valence-electron chi connectivity index (χ3n) is 4.09. The van der Waals surface area contributed by atoms with Crippen molar-refractivity contribution >= 4 is 15.8 Å². The van der Waals surface area contributed by atoms with Gasteiger partial charge in [0.25, 0.3) is 0 Å². The maximum Gasteiger partial charge on any atom is 0.219 e. The van der Waals surface area contributed by atoms with Crippen LogP contribution in [0, 0.1) is 5.82 Å². The molecular weight excluding hydrogens is 371 g/mol. The van der Waals surface area contributed by atoms with E-state index in [4.69, 9.17) is 4.74 Å². The number of sulfone groups is 1. The summed E-state index contributed by atoms with van der Waals surface area (Å²) in [7, 11) is -1.30. The number of hydrogen-bond acceptors (Lipinski definition) is 5. The molecule has 0 spiro atoms. The first-order valence-electron chi connectivity index (χ1n) is 8.49. The molecule has 1 atom stereocenters. The lowest BCUT2D eigenvalue weighted by Gasteiger charge is -2.16. The predicted molar refractivity (Wildman–Crippen MR) is 101 cm³/mol. The normalized spacial score (nSPS) is 18.9. The Morgan fingerprint density at radius 2 is 2.07 bits per heavy atom. The number of halogens is 1. The zero-order chi connectivity index (χ0) is 19.3. The van der Waals surface area contributed by atoms with E-state index in [1.165, 1.54) is 24.3 Å². The van der Waals surface area contributed by atoms with Crippen LogP contribution in [-0.4, -0.2) is 44.0 Å². The van der Waals surface area contributed by atoms with Crippen molar-refractivity contribution in [3.8, 4) is 11.6 Å². The van der Waals surface area contributed by atoms with E-state index >= 15 is 0 Å². The summed E-state index contributed by atoms with van der Waals surface area (Å²) in [5, 5.41) is 6.26. The van der Waals surface area contributed by atoms with Crippen LogP contribution < -0.4 is 15.4 Å². The lowest BCUT2D eigenvalue weighted by molar-refractivity contribution is 0.461. The van der Waals surface area contributed by atoms with Crippen LogP contribution in [0.3, 0.4) is 0 Å². The molecule has 0 aliphatic carbocycles. The van der Waals surface area contributed by atoms with Crippen molar-refractivity contribution in [3.63, 3.8) is 0 Å². The van der Waals surface area contributed by atoms with Gasteiger partial charge >= 0.3 is 0 Å². The Bertz CT molecular complexity index is 899. The molecule has 1 aliphatic heterocycles. The van der Waals surface area contributed by atoms with Crippen LogP contribution >= 0.6 is 0 Å². The monoisotopic (exact) mass is 392 g/mol. The minimum absolute atomic E-state index is 0.120. The van der Waals surface area contributed by atoms with Crippen LogP contribution in [0.1, 0.15) is 12.0 Å². The minimum atomic E-state index is -2.94. The summed E-state index contributed by atoms with van der Waals surface area (Å²) in [4.78, 5) is 8.35. The van der Waals surface area contributed by atoms with E-state index in [0.29, 0.717) is 30.6 Å². The molecule has 2 aromatic rings. The predicted octanol–water partition coefficient (Wildman–Crippen LogP) is 1.87. The van der Waals surface area contributed by atoms with E-state index in [1.807, 2.05) is 6.07 Å². The number of rotatable bonds is 5. The first kappa shape index (κ1) is 19.1.